The summed E-state index contributed by atoms with van der Waals surface area (Å²) >= 11 is 0. The fourth-order valence-corrected chi connectivity index (χ4v) is 5.85. The first-order valence-electron chi connectivity index (χ1n) is 14.9. The lowest BCUT2D eigenvalue weighted by Crippen LogP contribution is -2.48. The van der Waals surface area contributed by atoms with E-state index in [0.29, 0.717) is 6.42 Å². The molecule has 2 unspecified atom stereocenters. The number of halogens is 6. The molecule has 0 spiro atoms. The Hall–Kier alpha value is -2.21. The van der Waals surface area contributed by atoms with Crippen LogP contribution in [0.4, 0.5) is 26.3 Å². The number of unbranched alkanes of at least 4 members (excludes halogenated alkanes) is 6. The third-order valence-electron chi connectivity index (χ3n) is 7.86. The van der Waals surface area contributed by atoms with Gasteiger partial charge in [0.05, 0.1) is 6.61 Å². The lowest BCUT2D eigenvalue weighted by atomic mass is 9.92. The molecule has 0 radical (unpaired) electrons. The Morgan fingerprint density at radius 3 is 2.07 bits per heavy atom. The van der Waals surface area contributed by atoms with Crippen molar-refractivity contribution in [2.75, 3.05) is 6.61 Å². The number of rotatable bonds is 16. The monoisotopic (exact) mass is 640 g/mol. The van der Waals surface area contributed by atoms with Gasteiger partial charge >= 0.3 is 18.3 Å². The lowest BCUT2D eigenvalue weighted by molar-refractivity contribution is -0.181. The van der Waals surface area contributed by atoms with Gasteiger partial charge in [-0.1, -0.05) is 65.5 Å². The van der Waals surface area contributed by atoms with E-state index in [1.54, 1.807) is 6.08 Å². The number of esters is 1. The molecule has 0 heterocycles. The molecular weight excluding hydrogens is 594 g/mol. The van der Waals surface area contributed by atoms with Crippen molar-refractivity contribution in [3.05, 3.63) is 35.5 Å². The van der Waals surface area contributed by atoms with Gasteiger partial charge < -0.3 is 9.16 Å². The molecule has 43 heavy (non-hydrogen) atoms. The van der Waals surface area contributed by atoms with Crippen LogP contribution in [0.25, 0.3) is 0 Å². The molecule has 0 saturated carbocycles. The van der Waals surface area contributed by atoms with Crippen molar-refractivity contribution in [3.63, 3.8) is 0 Å². The van der Waals surface area contributed by atoms with Gasteiger partial charge in [-0.25, -0.2) is 0 Å². The molecule has 0 aromatic carbocycles. The number of hydrogen-bond acceptors (Lipinski definition) is 5. The van der Waals surface area contributed by atoms with Gasteiger partial charge in [-0.15, -0.1) is 0 Å². The van der Waals surface area contributed by atoms with Crippen LogP contribution < -0.4 is 0 Å². The molecule has 5 nitrogen and oxygen atoms in total. The van der Waals surface area contributed by atoms with Crippen LogP contribution in [0.15, 0.2) is 35.5 Å². The van der Waals surface area contributed by atoms with E-state index in [2.05, 4.69) is 11.7 Å². The SMILES string of the molecule is CCCCCC/C=C/C1(O[Si](C)(C)C(C)(C)C)C=C(C(F)(F)F)C(=O)/C1=C/CCCCC(C(=O)OCC)C(=O)C(F)(F)F. The highest BCUT2D eigenvalue weighted by molar-refractivity contribution is 6.74. The van der Waals surface area contributed by atoms with Crippen LogP contribution in [-0.4, -0.2) is 50.4 Å². The quantitative estimate of drug-likeness (QED) is 0.0320. The first kappa shape index (κ1) is 38.8. The van der Waals surface area contributed by atoms with Crippen molar-refractivity contribution in [2.45, 2.75) is 128 Å². The maximum atomic E-state index is 14.0. The number of carbonyl (C=O) groups excluding carboxylic acids is 3. The van der Waals surface area contributed by atoms with Gasteiger partial charge in [0.1, 0.15) is 17.1 Å². The second kappa shape index (κ2) is 15.7. The average molecular weight is 641 g/mol. The molecule has 12 heteroatoms. The molecule has 0 fully saturated rings. The number of Topliss-reactive ketones (excluding diaryl/α,β-unsaturated/α-hetero) is 2. The summed E-state index contributed by atoms with van der Waals surface area (Å²) in [5.41, 5.74) is -3.27. The van der Waals surface area contributed by atoms with E-state index in [1.807, 2.05) is 33.9 Å². The maximum absolute atomic E-state index is 14.0. The summed E-state index contributed by atoms with van der Waals surface area (Å²) < 4.78 is 92.3. The van der Waals surface area contributed by atoms with Crippen molar-refractivity contribution < 1.29 is 49.9 Å². The largest absolute Gasteiger partial charge is 0.465 e. The number of hydrogen-bond donors (Lipinski definition) is 0. The van der Waals surface area contributed by atoms with Gasteiger partial charge in [0.15, 0.2) is 14.1 Å². The number of alkyl halides is 6. The first-order chi connectivity index (χ1) is 19.6. The third kappa shape index (κ3) is 11.0. The summed E-state index contributed by atoms with van der Waals surface area (Å²) in [7, 11) is -2.76. The number of allylic oxidation sites excluding steroid dienone is 3. The van der Waals surface area contributed by atoms with Crippen molar-refractivity contribution in [1.82, 2.24) is 0 Å². The topological polar surface area (TPSA) is 69.7 Å². The van der Waals surface area contributed by atoms with Gasteiger partial charge in [-0.05, 0) is 69.3 Å². The highest BCUT2D eigenvalue weighted by atomic mass is 28.4. The van der Waals surface area contributed by atoms with Gasteiger partial charge in [0.25, 0.3) is 0 Å². The van der Waals surface area contributed by atoms with Crippen LogP contribution in [0.1, 0.15) is 92.4 Å². The number of ether oxygens (including phenoxy) is 1. The van der Waals surface area contributed by atoms with Crippen LogP contribution in [0.2, 0.25) is 18.1 Å². The van der Waals surface area contributed by atoms with Gasteiger partial charge in [0, 0.05) is 5.57 Å². The summed E-state index contributed by atoms with van der Waals surface area (Å²) in [6.07, 6.45) is -0.649. The van der Waals surface area contributed by atoms with Crippen LogP contribution >= 0.6 is 0 Å². The van der Waals surface area contributed by atoms with Gasteiger partial charge in [-0.3, -0.25) is 14.4 Å². The molecular formula is C31H46F6O5Si. The maximum Gasteiger partial charge on any atom is 0.450 e. The normalized spacial score (nSPS) is 20.2. The smallest absolute Gasteiger partial charge is 0.450 e. The van der Waals surface area contributed by atoms with Crippen molar-refractivity contribution in [2.24, 2.45) is 5.92 Å². The minimum Gasteiger partial charge on any atom is -0.465 e. The van der Waals surface area contributed by atoms with E-state index in [1.165, 1.54) is 19.1 Å². The Kier molecular flexibility index (Phi) is 14.2. The van der Waals surface area contributed by atoms with Crippen molar-refractivity contribution in [1.29, 1.82) is 0 Å². The molecule has 0 N–H and O–H groups in total. The zero-order chi connectivity index (χ0) is 33.3. The van der Waals surface area contributed by atoms with E-state index >= 15 is 0 Å². The Labute approximate surface area is 252 Å². The Morgan fingerprint density at radius 1 is 0.953 bits per heavy atom. The van der Waals surface area contributed by atoms with Crippen LogP contribution in [0, 0.1) is 5.92 Å². The first-order valence-corrected chi connectivity index (χ1v) is 17.8. The Balaban J connectivity index is 3.39. The lowest BCUT2D eigenvalue weighted by Gasteiger charge is -2.43. The summed E-state index contributed by atoms with van der Waals surface area (Å²) in [4.78, 5) is 37.0. The molecule has 0 saturated heterocycles. The summed E-state index contributed by atoms with van der Waals surface area (Å²) in [6, 6.07) is 0. The summed E-state index contributed by atoms with van der Waals surface area (Å²) in [5, 5.41) is -0.398. The van der Waals surface area contributed by atoms with E-state index in [0.717, 1.165) is 31.8 Å². The molecule has 1 aliphatic rings. The zero-order valence-electron chi connectivity index (χ0n) is 26.3. The average Bonchev–Trinajstić information content (AvgIpc) is 3.13. The second-order valence-electron chi connectivity index (χ2n) is 12.4. The minimum atomic E-state index is -5.22. The van der Waals surface area contributed by atoms with Gasteiger partial charge in [0.2, 0.25) is 5.78 Å². The molecule has 0 aliphatic heterocycles. The van der Waals surface area contributed by atoms with E-state index in [9.17, 15) is 40.7 Å². The zero-order valence-corrected chi connectivity index (χ0v) is 27.3. The molecule has 0 aromatic heterocycles. The molecule has 1 aliphatic carbocycles. The van der Waals surface area contributed by atoms with Crippen LogP contribution in [0.5, 0.6) is 0 Å². The fraction of sp³-hybridized carbons (Fsp3) is 0.710. The predicted octanol–water partition coefficient (Wildman–Crippen LogP) is 9.14. The molecule has 1 rings (SSSR count). The van der Waals surface area contributed by atoms with Gasteiger partial charge in [-0.2, -0.15) is 26.3 Å². The summed E-state index contributed by atoms with van der Waals surface area (Å²) in [6.45, 7) is 12.8. The molecule has 0 bridgehead atoms. The fourth-order valence-electron chi connectivity index (χ4n) is 4.46. The van der Waals surface area contributed by atoms with Crippen LogP contribution in [0.3, 0.4) is 0 Å². The molecule has 2 atom stereocenters. The minimum absolute atomic E-state index is 0.0166. The standard InChI is InChI=1S/C31H46F6O5Si/c1-8-10-11-12-13-17-20-29(42-43(6,7)28(3,4)5)21-24(30(32,33)34)25(38)23(29)19-16-14-15-18-22(27(40)41-9-2)26(39)31(35,36)37/h17,19-22H,8-16,18H2,1-7H3/b20-17+,23-19-. The molecule has 0 aromatic rings. The van der Waals surface area contributed by atoms with Crippen molar-refractivity contribution in [3.8, 4) is 0 Å². The van der Waals surface area contributed by atoms with E-state index in [4.69, 9.17) is 4.43 Å². The number of carbonyl (C=O) groups is 3. The van der Waals surface area contributed by atoms with E-state index in [-0.39, 0.29) is 31.4 Å². The highest BCUT2D eigenvalue weighted by Gasteiger charge is 2.54. The Morgan fingerprint density at radius 2 is 1.56 bits per heavy atom. The van der Waals surface area contributed by atoms with E-state index < -0.39 is 66.8 Å². The highest BCUT2D eigenvalue weighted by Crippen LogP contribution is 2.47. The predicted molar refractivity (Wildman–Crippen MR) is 156 cm³/mol. The van der Waals surface area contributed by atoms with Crippen molar-refractivity contribution >= 4 is 25.9 Å². The number of ketones is 2. The third-order valence-corrected chi connectivity index (χ3v) is 12.3. The molecule has 0 amide bonds. The van der Waals surface area contributed by atoms with Crippen LogP contribution in [-0.2, 0) is 23.5 Å². The molecule has 246 valence electrons. The Bertz CT molecular complexity index is 1070. The second-order valence-corrected chi connectivity index (χ2v) is 17.1. The summed E-state index contributed by atoms with van der Waals surface area (Å²) in [5.74, 6) is -6.73.